The Labute approximate surface area is 207 Å². The molecule has 0 spiro atoms. The fraction of sp³-hybridized carbons (Fsp3) is 0.200. The van der Waals surface area contributed by atoms with Gasteiger partial charge in [0.15, 0.2) is 0 Å². The lowest BCUT2D eigenvalue weighted by atomic mass is 9.98. The molecule has 0 heterocycles. The van der Waals surface area contributed by atoms with Gasteiger partial charge in [0.25, 0.3) is 0 Å². The second kappa shape index (κ2) is 11.6. The first kappa shape index (κ1) is 25.2. The molecule has 1 amide bonds. The molecule has 0 saturated heterocycles. The van der Waals surface area contributed by atoms with Crippen molar-refractivity contribution in [2.75, 3.05) is 19.5 Å². The standard InChI is InChI=1S/C25H23Cl2NO6/c1-32-21-7-4-8-22(33-2)23(21)28-24(29)17(25(30)31)13-15-9-11-16(12-10-15)34-14-18-19(26)5-3-6-20(18)27/h3-12,17H,13-14H2,1-2H3,(H,28,29)(H,30,31). The summed E-state index contributed by atoms with van der Waals surface area (Å²) in [7, 11) is 2.89. The van der Waals surface area contributed by atoms with Gasteiger partial charge in [-0.3, -0.25) is 9.59 Å². The van der Waals surface area contributed by atoms with E-state index in [1.165, 1.54) is 14.2 Å². The number of halogens is 2. The summed E-state index contributed by atoms with van der Waals surface area (Å²) in [4.78, 5) is 24.7. The highest BCUT2D eigenvalue weighted by atomic mass is 35.5. The summed E-state index contributed by atoms with van der Waals surface area (Å²) < 4.78 is 16.3. The lowest BCUT2D eigenvalue weighted by molar-refractivity contribution is -0.145. The van der Waals surface area contributed by atoms with E-state index < -0.39 is 17.8 Å². The van der Waals surface area contributed by atoms with Crippen LogP contribution in [0.15, 0.2) is 60.7 Å². The maximum Gasteiger partial charge on any atom is 0.316 e. The minimum atomic E-state index is -1.33. The summed E-state index contributed by atoms with van der Waals surface area (Å²) in [5.74, 6) is -2.00. The van der Waals surface area contributed by atoms with E-state index in [1.807, 2.05) is 0 Å². The molecule has 0 aromatic heterocycles. The topological polar surface area (TPSA) is 94.1 Å². The van der Waals surface area contributed by atoms with Gasteiger partial charge in [-0.1, -0.05) is 47.5 Å². The summed E-state index contributed by atoms with van der Waals surface area (Å²) in [5, 5.41) is 13.3. The van der Waals surface area contributed by atoms with Gasteiger partial charge in [-0.05, 0) is 48.4 Å². The molecule has 0 aliphatic carbocycles. The van der Waals surface area contributed by atoms with Crippen LogP contribution in [0.3, 0.4) is 0 Å². The molecule has 34 heavy (non-hydrogen) atoms. The van der Waals surface area contributed by atoms with E-state index in [-0.39, 0.29) is 18.7 Å². The normalized spacial score (nSPS) is 11.4. The first-order chi connectivity index (χ1) is 16.3. The lowest BCUT2D eigenvalue weighted by Gasteiger charge is -2.17. The van der Waals surface area contributed by atoms with E-state index in [9.17, 15) is 14.7 Å². The van der Waals surface area contributed by atoms with Gasteiger partial charge in [0.2, 0.25) is 5.91 Å². The van der Waals surface area contributed by atoms with Gasteiger partial charge in [0.05, 0.1) is 14.2 Å². The van der Waals surface area contributed by atoms with Gasteiger partial charge >= 0.3 is 5.97 Å². The number of hydrogen-bond donors (Lipinski definition) is 2. The molecule has 0 aliphatic heterocycles. The van der Waals surface area contributed by atoms with Gasteiger partial charge in [0, 0.05) is 15.6 Å². The van der Waals surface area contributed by atoms with Crippen LogP contribution in [-0.2, 0) is 22.6 Å². The Morgan fingerprint density at radius 2 is 1.47 bits per heavy atom. The van der Waals surface area contributed by atoms with Crippen molar-refractivity contribution in [3.63, 3.8) is 0 Å². The first-order valence-corrected chi connectivity index (χ1v) is 11.0. The number of carboxylic acids is 1. The predicted octanol–water partition coefficient (Wildman–Crippen LogP) is 5.47. The number of para-hydroxylation sites is 1. The molecule has 0 aliphatic rings. The molecule has 0 saturated carbocycles. The number of carboxylic acid groups (broad SMARTS) is 1. The molecule has 7 nitrogen and oxygen atoms in total. The Kier molecular flexibility index (Phi) is 8.62. The molecule has 9 heteroatoms. The molecule has 0 radical (unpaired) electrons. The first-order valence-electron chi connectivity index (χ1n) is 10.2. The Morgan fingerprint density at radius 3 is 2.00 bits per heavy atom. The highest BCUT2D eigenvalue weighted by Gasteiger charge is 2.28. The SMILES string of the molecule is COc1cccc(OC)c1NC(=O)C(Cc1ccc(OCc2c(Cl)cccc2Cl)cc1)C(=O)O. The average Bonchev–Trinajstić information content (AvgIpc) is 2.82. The number of amides is 1. The van der Waals surface area contributed by atoms with Gasteiger partial charge in [0.1, 0.15) is 35.5 Å². The van der Waals surface area contributed by atoms with Crippen molar-refractivity contribution in [2.24, 2.45) is 5.92 Å². The van der Waals surface area contributed by atoms with Gasteiger partial charge in [-0.25, -0.2) is 0 Å². The number of ether oxygens (including phenoxy) is 3. The lowest BCUT2D eigenvalue weighted by Crippen LogP contribution is -2.31. The number of carbonyl (C=O) groups is 2. The van der Waals surface area contributed by atoms with Crippen molar-refractivity contribution >= 4 is 40.8 Å². The van der Waals surface area contributed by atoms with Crippen LogP contribution in [0.1, 0.15) is 11.1 Å². The monoisotopic (exact) mass is 503 g/mol. The fourth-order valence-corrected chi connectivity index (χ4v) is 3.77. The van der Waals surface area contributed by atoms with Gasteiger partial charge in [-0.2, -0.15) is 0 Å². The van der Waals surface area contributed by atoms with Crippen LogP contribution in [0, 0.1) is 5.92 Å². The average molecular weight is 504 g/mol. The number of hydrogen-bond acceptors (Lipinski definition) is 5. The van der Waals surface area contributed by atoms with E-state index in [4.69, 9.17) is 37.4 Å². The molecule has 0 bridgehead atoms. The van der Waals surface area contributed by atoms with E-state index in [0.717, 1.165) is 0 Å². The van der Waals surface area contributed by atoms with Crippen LogP contribution >= 0.6 is 23.2 Å². The number of rotatable bonds is 10. The van der Waals surface area contributed by atoms with Crippen LogP contribution in [0.2, 0.25) is 10.0 Å². The van der Waals surface area contributed by atoms with Crippen LogP contribution < -0.4 is 19.5 Å². The van der Waals surface area contributed by atoms with Crippen LogP contribution in [0.25, 0.3) is 0 Å². The third kappa shape index (κ3) is 6.12. The Morgan fingerprint density at radius 1 is 0.912 bits per heavy atom. The largest absolute Gasteiger partial charge is 0.494 e. The maximum atomic E-state index is 12.8. The summed E-state index contributed by atoms with van der Waals surface area (Å²) in [5.41, 5.74) is 1.59. The van der Waals surface area contributed by atoms with Crippen molar-refractivity contribution < 1.29 is 28.9 Å². The minimum Gasteiger partial charge on any atom is -0.494 e. The Bertz CT molecular complexity index is 1120. The highest BCUT2D eigenvalue weighted by molar-refractivity contribution is 6.35. The summed E-state index contributed by atoms with van der Waals surface area (Å²) in [6.45, 7) is 0.179. The second-order valence-corrected chi connectivity index (χ2v) is 8.07. The maximum absolute atomic E-state index is 12.8. The third-order valence-electron chi connectivity index (χ3n) is 5.10. The molecule has 2 N–H and O–H groups in total. The third-order valence-corrected chi connectivity index (χ3v) is 5.81. The van der Waals surface area contributed by atoms with Crippen LogP contribution in [0.4, 0.5) is 5.69 Å². The molecule has 0 fully saturated rings. The molecular weight excluding hydrogens is 481 g/mol. The summed E-state index contributed by atoms with van der Waals surface area (Å²) in [6.07, 6.45) is -0.0186. The quantitative estimate of drug-likeness (QED) is 0.356. The molecule has 3 aromatic rings. The smallest absolute Gasteiger partial charge is 0.316 e. The molecule has 3 aromatic carbocycles. The van der Waals surface area contributed by atoms with Crippen LogP contribution in [-0.4, -0.2) is 31.2 Å². The molecular formula is C25H23Cl2NO6. The zero-order chi connectivity index (χ0) is 24.7. The molecule has 1 unspecified atom stereocenters. The zero-order valence-electron chi connectivity index (χ0n) is 18.5. The molecule has 1 atom stereocenters. The number of methoxy groups -OCH3 is 2. The number of carbonyl (C=O) groups excluding carboxylic acids is 1. The van der Waals surface area contributed by atoms with Crippen molar-refractivity contribution in [1.82, 2.24) is 0 Å². The number of benzene rings is 3. The second-order valence-electron chi connectivity index (χ2n) is 7.25. The van der Waals surface area contributed by atoms with Crippen molar-refractivity contribution in [2.45, 2.75) is 13.0 Å². The number of aliphatic carboxylic acids is 1. The Hall–Kier alpha value is -3.42. The van der Waals surface area contributed by atoms with E-state index in [0.29, 0.717) is 38.4 Å². The van der Waals surface area contributed by atoms with Crippen molar-refractivity contribution in [1.29, 1.82) is 0 Å². The van der Waals surface area contributed by atoms with E-state index in [2.05, 4.69) is 5.32 Å². The Balaban J connectivity index is 1.69. The fourth-order valence-electron chi connectivity index (χ4n) is 3.26. The summed E-state index contributed by atoms with van der Waals surface area (Å²) >= 11 is 12.3. The number of anilines is 1. The van der Waals surface area contributed by atoms with Gasteiger partial charge in [-0.15, -0.1) is 0 Å². The molecule has 178 valence electrons. The van der Waals surface area contributed by atoms with Crippen LogP contribution in [0.5, 0.6) is 17.2 Å². The predicted molar refractivity (Wildman–Crippen MR) is 130 cm³/mol. The molecule has 3 rings (SSSR count). The summed E-state index contributed by atoms with van der Waals surface area (Å²) in [6, 6.07) is 17.0. The van der Waals surface area contributed by atoms with Crippen molar-refractivity contribution in [3.05, 3.63) is 81.8 Å². The van der Waals surface area contributed by atoms with Crippen molar-refractivity contribution in [3.8, 4) is 17.2 Å². The van der Waals surface area contributed by atoms with E-state index in [1.54, 1.807) is 60.7 Å². The minimum absolute atomic E-state index is 0.0186. The number of nitrogens with one attached hydrogen (secondary N) is 1. The van der Waals surface area contributed by atoms with Gasteiger partial charge < -0.3 is 24.6 Å². The zero-order valence-corrected chi connectivity index (χ0v) is 20.0. The highest BCUT2D eigenvalue weighted by Crippen LogP contribution is 2.34. The van der Waals surface area contributed by atoms with E-state index >= 15 is 0 Å².